The van der Waals surface area contributed by atoms with E-state index >= 15 is 0 Å². The molecule has 0 amide bonds. The van der Waals surface area contributed by atoms with Crippen LogP contribution in [0.25, 0.3) is 0 Å². The molecule has 0 radical (unpaired) electrons. The number of aliphatic hydroxyl groups excluding tert-OH is 1. The molecule has 2 aliphatic rings. The predicted molar refractivity (Wildman–Crippen MR) is 77.7 cm³/mol. The summed E-state index contributed by atoms with van der Waals surface area (Å²) in [4.78, 5) is 6.62. The summed E-state index contributed by atoms with van der Waals surface area (Å²) in [6, 6.07) is 6.07. The number of hydrogen-bond donors (Lipinski definition) is 2. The van der Waals surface area contributed by atoms with E-state index in [0.29, 0.717) is 12.1 Å². The molecule has 0 aromatic heterocycles. The molecule has 3 rings (SSSR count). The minimum Gasteiger partial charge on any atom is -0.391 e. The third-order valence-electron chi connectivity index (χ3n) is 4.36. The summed E-state index contributed by atoms with van der Waals surface area (Å²) in [5.74, 6) is 0.832. The summed E-state index contributed by atoms with van der Waals surface area (Å²) in [7, 11) is 0. The first-order valence-electron chi connectivity index (χ1n) is 6.88. The van der Waals surface area contributed by atoms with E-state index in [-0.39, 0.29) is 12.1 Å². The van der Waals surface area contributed by atoms with Gasteiger partial charge in [-0.15, -0.1) is 0 Å². The van der Waals surface area contributed by atoms with E-state index in [9.17, 15) is 5.11 Å². The summed E-state index contributed by atoms with van der Waals surface area (Å²) in [5.41, 5.74) is 3.74. The second-order valence-electron chi connectivity index (χ2n) is 5.43. The van der Waals surface area contributed by atoms with E-state index in [0.717, 1.165) is 35.7 Å². The molecule has 0 bridgehead atoms. The van der Waals surface area contributed by atoms with Crippen molar-refractivity contribution in [3.63, 3.8) is 0 Å². The number of aliphatic hydroxyl groups is 1. The van der Waals surface area contributed by atoms with Crippen molar-refractivity contribution in [3.05, 3.63) is 28.8 Å². The van der Waals surface area contributed by atoms with Gasteiger partial charge in [0.15, 0.2) is 5.96 Å². The second-order valence-corrected chi connectivity index (χ2v) is 5.43. The smallest absolute Gasteiger partial charge is 0.198 e. The van der Waals surface area contributed by atoms with Crippen molar-refractivity contribution in [3.8, 4) is 6.07 Å². The van der Waals surface area contributed by atoms with Gasteiger partial charge in [0, 0.05) is 12.2 Å². The number of nitrogens with one attached hydrogen (secondary N) is 1. The summed E-state index contributed by atoms with van der Waals surface area (Å²) in [6.07, 6.45) is 0.526. The summed E-state index contributed by atoms with van der Waals surface area (Å²) in [6.45, 7) is 5.45. The number of fused-ring (bicyclic) bond motifs is 1. The van der Waals surface area contributed by atoms with Crippen LogP contribution in [-0.2, 0) is 0 Å². The van der Waals surface area contributed by atoms with Crippen LogP contribution in [0.4, 0.5) is 5.69 Å². The fourth-order valence-corrected chi connectivity index (χ4v) is 2.90. The molecule has 2 heterocycles. The topological polar surface area (TPSA) is 71.6 Å². The Bertz CT molecular complexity index is 617. The van der Waals surface area contributed by atoms with Gasteiger partial charge in [-0.1, -0.05) is 0 Å². The maximum atomic E-state index is 9.87. The Hall–Kier alpha value is -2.06. The van der Waals surface area contributed by atoms with Crippen molar-refractivity contribution in [1.82, 2.24) is 4.90 Å². The fraction of sp³-hybridized carbons (Fsp3) is 0.467. The number of aliphatic imine (C=N–C) groups is 1. The Morgan fingerprint density at radius 1 is 1.40 bits per heavy atom. The zero-order valence-corrected chi connectivity index (χ0v) is 11.7. The zero-order valence-electron chi connectivity index (χ0n) is 11.7. The number of benzene rings is 1. The molecule has 1 fully saturated rings. The van der Waals surface area contributed by atoms with Crippen molar-refractivity contribution in [1.29, 1.82) is 5.26 Å². The zero-order chi connectivity index (χ0) is 14.3. The van der Waals surface area contributed by atoms with E-state index in [4.69, 9.17) is 5.26 Å². The minimum atomic E-state index is -0.276. The molecule has 5 heteroatoms. The lowest BCUT2D eigenvalue weighted by molar-refractivity contribution is 0.149. The first kappa shape index (κ1) is 12.9. The maximum Gasteiger partial charge on any atom is 0.198 e. The van der Waals surface area contributed by atoms with E-state index in [1.807, 2.05) is 26.0 Å². The molecule has 0 spiro atoms. The van der Waals surface area contributed by atoms with Crippen LogP contribution in [0.2, 0.25) is 0 Å². The van der Waals surface area contributed by atoms with Gasteiger partial charge in [0.2, 0.25) is 0 Å². The van der Waals surface area contributed by atoms with Crippen molar-refractivity contribution in [2.24, 2.45) is 4.99 Å². The highest BCUT2D eigenvalue weighted by Gasteiger charge is 2.38. The molecule has 2 atom stereocenters. The van der Waals surface area contributed by atoms with Gasteiger partial charge in [0.1, 0.15) is 0 Å². The Morgan fingerprint density at radius 3 is 2.95 bits per heavy atom. The lowest BCUT2D eigenvalue weighted by Gasteiger charge is -2.22. The van der Waals surface area contributed by atoms with Crippen LogP contribution in [0.1, 0.15) is 23.1 Å². The van der Waals surface area contributed by atoms with Crippen LogP contribution in [0.15, 0.2) is 17.1 Å². The van der Waals surface area contributed by atoms with Crippen molar-refractivity contribution in [2.75, 3.05) is 18.4 Å². The predicted octanol–water partition coefficient (Wildman–Crippen LogP) is 1.39. The molecule has 1 saturated heterocycles. The monoisotopic (exact) mass is 270 g/mol. The lowest BCUT2D eigenvalue weighted by atomic mass is 10.0. The Kier molecular flexibility index (Phi) is 3.11. The third-order valence-corrected chi connectivity index (χ3v) is 4.36. The van der Waals surface area contributed by atoms with Crippen LogP contribution in [0, 0.1) is 25.2 Å². The molecule has 0 saturated carbocycles. The molecule has 0 aliphatic carbocycles. The van der Waals surface area contributed by atoms with E-state index < -0.39 is 0 Å². The van der Waals surface area contributed by atoms with Gasteiger partial charge in [-0.2, -0.15) is 5.26 Å². The van der Waals surface area contributed by atoms with Gasteiger partial charge in [-0.3, -0.25) is 4.99 Å². The molecule has 104 valence electrons. The summed E-state index contributed by atoms with van der Waals surface area (Å²) < 4.78 is 0. The quantitative estimate of drug-likeness (QED) is 0.809. The van der Waals surface area contributed by atoms with Crippen LogP contribution >= 0.6 is 0 Å². The number of guanidine groups is 1. The first-order chi connectivity index (χ1) is 9.61. The highest BCUT2D eigenvalue weighted by molar-refractivity contribution is 5.96. The van der Waals surface area contributed by atoms with Crippen LogP contribution in [0.3, 0.4) is 0 Å². The van der Waals surface area contributed by atoms with Crippen LogP contribution in [-0.4, -0.2) is 41.2 Å². The Labute approximate surface area is 118 Å². The van der Waals surface area contributed by atoms with E-state index in [2.05, 4.69) is 21.3 Å². The van der Waals surface area contributed by atoms with Gasteiger partial charge in [-0.05, 0) is 43.5 Å². The molecule has 2 N–H and O–H groups in total. The number of nitriles is 1. The number of anilines is 1. The van der Waals surface area contributed by atoms with Gasteiger partial charge in [-0.25, -0.2) is 0 Å². The average molecular weight is 270 g/mol. The highest BCUT2D eigenvalue weighted by atomic mass is 16.3. The number of hydrogen-bond acceptors (Lipinski definition) is 5. The molecule has 1 aromatic carbocycles. The largest absolute Gasteiger partial charge is 0.391 e. The van der Waals surface area contributed by atoms with Gasteiger partial charge >= 0.3 is 0 Å². The maximum absolute atomic E-state index is 9.87. The molecule has 2 unspecified atom stereocenters. The summed E-state index contributed by atoms with van der Waals surface area (Å²) >= 11 is 0. The number of nitrogens with zero attached hydrogens (tertiary/aromatic N) is 3. The standard InChI is InChI=1S/C15H18N4O/c1-9-10(2)12(4-3-11(9)7-16)18-15-17-8-13-14(20)5-6-19(13)15/h3-4,13-14,20H,5-6,8H2,1-2H3,(H,17,18). The average Bonchev–Trinajstić information content (AvgIpc) is 3.00. The molecular formula is C15H18N4O. The van der Waals surface area contributed by atoms with Crippen molar-refractivity contribution >= 4 is 11.6 Å². The van der Waals surface area contributed by atoms with Gasteiger partial charge in [0.05, 0.1) is 30.3 Å². The Morgan fingerprint density at radius 2 is 2.20 bits per heavy atom. The normalized spacial score (nSPS) is 24.3. The highest BCUT2D eigenvalue weighted by Crippen LogP contribution is 2.27. The SMILES string of the molecule is Cc1c(C#N)ccc(NC2=NCC3C(O)CCN23)c1C. The van der Waals surface area contributed by atoms with Crippen molar-refractivity contribution in [2.45, 2.75) is 32.4 Å². The third kappa shape index (κ3) is 1.93. The van der Waals surface area contributed by atoms with Gasteiger partial charge < -0.3 is 15.3 Å². The fourth-order valence-electron chi connectivity index (χ4n) is 2.90. The molecule has 1 aromatic rings. The van der Waals surface area contributed by atoms with Crippen molar-refractivity contribution < 1.29 is 5.11 Å². The van der Waals surface area contributed by atoms with Crippen LogP contribution in [0.5, 0.6) is 0 Å². The number of rotatable bonds is 1. The minimum absolute atomic E-state index is 0.122. The van der Waals surface area contributed by atoms with E-state index in [1.54, 1.807) is 0 Å². The molecular weight excluding hydrogens is 252 g/mol. The molecule has 5 nitrogen and oxygen atoms in total. The summed E-state index contributed by atoms with van der Waals surface area (Å²) in [5, 5.41) is 22.3. The van der Waals surface area contributed by atoms with Gasteiger partial charge in [0.25, 0.3) is 0 Å². The lowest BCUT2D eigenvalue weighted by Crippen LogP contribution is -2.38. The molecule has 20 heavy (non-hydrogen) atoms. The second kappa shape index (κ2) is 4.80. The van der Waals surface area contributed by atoms with Crippen LogP contribution < -0.4 is 5.32 Å². The molecule has 2 aliphatic heterocycles. The first-order valence-corrected chi connectivity index (χ1v) is 6.88. The van der Waals surface area contributed by atoms with E-state index in [1.165, 1.54) is 0 Å². The Balaban J connectivity index is 1.83.